The van der Waals surface area contributed by atoms with Gasteiger partial charge in [0.05, 0.1) is 7.82 Å². The van der Waals surface area contributed by atoms with E-state index in [0.29, 0.717) is 0 Å². The van der Waals surface area contributed by atoms with Crippen molar-refractivity contribution in [2.75, 3.05) is 0 Å². The summed E-state index contributed by atoms with van der Waals surface area (Å²) in [6, 6.07) is 0. The molecule has 19 heavy (non-hydrogen) atoms. The standard InChI is InChI=1S/Al.Ca.3H3O4P.H2O.H4Si/c;;3*1-5(2,3)4;;/h;;3*(H3,1,2,3,4);1H2;1H4/q+3;+2;;;;;/p-5. The fourth-order valence-electron chi connectivity index (χ4n) is 0. The molecular formula is H10AlCaO13P3Si. The number of phosphoric acid groups is 3. The number of hydrogen-bond donors (Lipinski definition) is 4. The van der Waals surface area contributed by atoms with E-state index < -0.39 is 23.5 Å². The molecule has 13 nitrogen and oxygen atoms in total. The molecular weight excluding hydrogens is 396 g/mol. The Bertz CT molecular complexity index is 214. The second kappa shape index (κ2) is 18.3. The van der Waals surface area contributed by atoms with Gasteiger partial charge in [0.2, 0.25) is 0 Å². The van der Waals surface area contributed by atoms with Gasteiger partial charge < -0.3 is 58.6 Å². The minimum absolute atomic E-state index is 0. The molecule has 0 saturated carbocycles. The van der Waals surface area contributed by atoms with Gasteiger partial charge in [-0.2, -0.15) is 7.82 Å². The van der Waals surface area contributed by atoms with E-state index in [9.17, 15) is 0 Å². The van der Waals surface area contributed by atoms with Crippen molar-refractivity contribution >= 4 is 89.5 Å². The minimum atomic E-state index is -5.39. The summed E-state index contributed by atoms with van der Waals surface area (Å²) in [7, 11) is -15.2. The Balaban J connectivity index is -0.0000000206. The molecule has 0 atom stereocenters. The Morgan fingerprint density at radius 2 is 0.737 bits per heavy atom. The van der Waals surface area contributed by atoms with Crippen LogP contribution in [0.25, 0.3) is 0 Å². The minimum Gasteiger partial charge on any atom is -0.822 e. The molecule has 0 bridgehead atoms. The molecule has 0 aromatic heterocycles. The van der Waals surface area contributed by atoms with Crippen molar-refractivity contribution in [3.63, 3.8) is 0 Å². The van der Waals surface area contributed by atoms with Crippen LogP contribution >= 0.6 is 23.5 Å². The van der Waals surface area contributed by atoms with E-state index in [1.165, 1.54) is 0 Å². The van der Waals surface area contributed by atoms with Crippen LogP contribution in [0.15, 0.2) is 0 Å². The molecule has 0 saturated heterocycles. The first-order valence-corrected chi connectivity index (χ1v) is 6.78. The molecule has 0 heterocycles. The van der Waals surface area contributed by atoms with Crippen molar-refractivity contribution in [3.8, 4) is 0 Å². The number of rotatable bonds is 0. The van der Waals surface area contributed by atoms with Gasteiger partial charge in [-0.25, -0.2) is 4.57 Å². The van der Waals surface area contributed by atoms with Gasteiger partial charge in [0.1, 0.15) is 0 Å². The Kier molecular flexibility index (Phi) is 41.5. The van der Waals surface area contributed by atoms with Crippen LogP contribution in [-0.2, 0) is 13.7 Å². The summed E-state index contributed by atoms with van der Waals surface area (Å²) >= 11 is 0. The maximum atomic E-state index is 8.88. The molecule has 19 heteroatoms. The molecule has 0 rings (SSSR count). The summed E-state index contributed by atoms with van der Waals surface area (Å²) in [5.41, 5.74) is 0. The summed E-state index contributed by atoms with van der Waals surface area (Å²) in [4.78, 5) is 71.5. The zero-order chi connectivity index (χ0) is 13.5. The maximum Gasteiger partial charge on any atom is 3.00 e. The van der Waals surface area contributed by atoms with Crippen LogP contribution in [0.4, 0.5) is 0 Å². The predicted octanol–water partition coefficient (Wildman–Crippen LogP) is -8.98. The SMILES string of the molecule is O.O=P(O)(O)O.O=P([O-])([O-])O.O=P([O-])([O-])[O-].[Al+3].[Ca+2].[SiH4]. The van der Waals surface area contributed by atoms with Gasteiger partial charge in [-0.05, 0) is 11.0 Å². The molecule has 0 aromatic carbocycles. The van der Waals surface area contributed by atoms with Crippen molar-refractivity contribution in [1.29, 1.82) is 0 Å². The van der Waals surface area contributed by atoms with Crippen molar-refractivity contribution in [1.82, 2.24) is 0 Å². The van der Waals surface area contributed by atoms with Crippen LogP contribution in [0, 0.1) is 0 Å². The van der Waals surface area contributed by atoms with Gasteiger partial charge in [-0.1, -0.05) is 0 Å². The first kappa shape index (κ1) is 42.9. The first-order chi connectivity index (χ1) is 6.00. The van der Waals surface area contributed by atoms with Crippen LogP contribution in [0.1, 0.15) is 0 Å². The maximum absolute atomic E-state index is 8.88. The third-order valence-corrected chi connectivity index (χ3v) is 0. The monoisotopic (exact) mass is 406 g/mol. The summed E-state index contributed by atoms with van der Waals surface area (Å²) in [6.45, 7) is 0. The fourth-order valence-corrected chi connectivity index (χ4v) is 0. The largest absolute Gasteiger partial charge is 3.00 e. The first-order valence-electron chi connectivity index (χ1n) is 2.26. The van der Waals surface area contributed by atoms with E-state index in [0.717, 1.165) is 0 Å². The molecule has 0 aliphatic carbocycles. The van der Waals surface area contributed by atoms with Crippen LogP contribution in [0.5, 0.6) is 0 Å². The Morgan fingerprint density at radius 1 is 0.737 bits per heavy atom. The van der Waals surface area contributed by atoms with E-state index in [4.69, 9.17) is 57.7 Å². The molecule has 0 fully saturated rings. The van der Waals surface area contributed by atoms with Crippen LogP contribution < -0.4 is 24.5 Å². The second-order valence-electron chi connectivity index (χ2n) is 1.43. The Labute approximate surface area is 151 Å². The van der Waals surface area contributed by atoms with E-state index in [1.807, 2.05) is 0 Å². The zero-order valence-electron chi connectivity index (χ0n) is 8.18. The average molecular weight is 406 g/mol. The van der Waals surface area contributed by atoms with E-state index in [2.05, 4.69) is 0 Å². The number of hydrogen-bond acceptors (Lipinski definition) is 8. The summed E-state index contributed by atoms with van der Waals surface area (Å²) in [6.07, 6.45) is 0. The summed E-state index contributed by atoms with van der Waals surface area (Å²) < 4.78 is 26.1. The molecule has 0 aromatic rings. The zero-order valence-corrected chi connectivity index (χ0v) is 14.2. The quantitative estimate of drug-likeness (QED) is 0.215. The van der Waals surface area contributed by atoms with Gasteiger partial charge in [-0.15, -0.1) is 0 Å². The Morgan fingerprint density at radius 3 is 0.737 bits per heavy atom. The van der Waals surface area contributed by atoms with Gasteiger partial charge >= 0.3 is 62.9 Å². The van der Waals surface area contributed by atoms with Crippen LogP contribution in [-0.4, -0.2) is 91.1 Å². The van der Waals surface area contributed by atoms with Gasteiger partial charge in [0.15, 0.2) is 0 Å². The van der Waals surface area contributed by atoms with Crippen LogP contribution in [0.2, 0.25) is 0 Å². The molecule has 0 unspecified atom stereocenters. The fraction of sp³-hybridized carbons (Fsp3) is 0. The van der Waals surface area contributed by atoms with Crippen LogP contribution in [0.3, 0.4) is 0 Å². The van der Waals surface area contributed by atoms with Gasteiger partial charge in [0.25, 0.3) is 0 Å². The molecule has 0 aliphatic heterocycles. The Hall–Kier alpha value is 2.30. The normalized spacial score (nSPS) is 9.32. The van der Waals surface area contributed by atoms with Gasteiger partial charge in [0, 0.05) is 0 Å². The van der Waals surface area contributed by atoms with E-state index in [1.54, 1.807) is 0 Å². The summed E-state index contributed by atoms with van der Waals surface area (Å²) in [5.74, 6) is 0. The van der Waals surface area contributed by atoms with Crippen molar-refractivity contribution in [2.24, 2.45) is 0 Å². The molecule has 0 radical (unpaired) electrons. The van der Waals surface area contributed by atoms with Crippen molar-refractivity contribution < 1.29 is 63.2 Å². The molecule has 6 N–H and O–H groups in total. The molecule has 0 spiro atoms. The summed E-state index contributed by atoms with van der Waals surface area (Å²) in [5, 5.41) is 0. The molecule has 112 valence electrons. The molecule has 0 amide bonds. The third kappa shape index (κ3) is 1290. The second-order valence-corrected chi connectivity index (χ2v) is 4.29. The predicted molar refractivity (Wildman–Crippen MR) is 58.2 cm³/mol. The van der Waals surface area contributed by atoms with Crippen molar-refractivity contribution in [3.05, 3.63) is 0 Å². The van der Waals surface area contributed by atoms with E-state index >= 15 is 0 Å². The molecule has 0 aliphatic rings. The van der Waals surface area contributed by atoms with E-state index in [-0.39, 0.29) is 71.5 Å². The topological polar surface area (TPSA) is 279 Å². The third-order valence-electron chi connectivity index (χ3n) is 0. The average Bonchev–Trinajstić information content (AvgIpc) is 1.41. The van der Waals surface area contributed by atoms with Gasteiger partial charge in [-0.3, -0.25) is 0 Å². The van der Waals surface area contributed by atoms with Crippen molar-refractivity contribution in [2.45, 2.75) is 0 Å². The smallest absolute Gasteiger partial charge is 0.822 e.